The number of rotatable bonds is 3. The zero-order valence-corrected chi connectivity index (χ0v) is 16.2. The first-order valence-electron chi connectivity index (χ1n) is 9.58. The summed E-state index contributed by atoms with van der Waals surface area (Å²) in [6, 6.07) is 15.2. The maximum Gasteiger partial charge on any atom is 0.260 e. The Morgan fingerprint density at radius 1 is 0.933 bits per heavy atom. The van der Waals surface area contributed by atoms with E-state index >= 15 is 0 Å². The number of para-hydroxylation sites is 1. The highest BCUT2D eigenvalue weighted by Gasteiger charge is 2.33. The number of amides is 1. The van der Waals surface area contributed by atoms with E-state index in [1.54, 1.807) is 0 Å². The second-order valence-corrected chi connectivity index (χ2v) is 7.30. The van der Waals surface area contributed by atoms with E-state index in [1.165, 1.54) is 11.0 Å². The summed E-state index contributed by atoms with van der Waals surface area (Å²) in [5, 5.41) is 4.76. The van der Waals surface area contributed by atoms with E-state index in [1.807, 2.05) is 65.0 Å². The molecule has 0 N–H and O–H groups in total. The van der Waals surface area contributed by atoms with Crippen LogP contribution in [0.1, 0.15) is 27.2 Å². The fourth-order valence-corrected chi connectivity index (χ4v) is 3.92. The summed E-state index contributed by atoms with van der Waals surface area (Å²) >= 11 is 0. The number of hydrogen-bond acceptors (Lipinski definition) is 2. The van der Waals surface area contributed by atoms with E-state index in [0.29, 0.717) is 5.69 Å². The normalized spacial score (nSPS) is 13.0. The minimum Gasteiger partial charge on any atom is -0.328 e. The molecule has 5 rings (SSSR count). The molecule has 1 amide bonds. The van der Waals surface area contributed by atoms with Crippen molar-refractivity contribution in [2.24, 2.45) is 0 Å². The molecule has 1 aliphatic heterocycles. The fraction of sp³-hybridized carbons (Fsp3) is 0.130. The smallest absolute Gasteiger partial charge is 0.260 e. The number of aromatic nitrogens is 3. The Bertz CT molecular complexity index is 1240. The summed E-state index contributed by atoms with van der Waals surface area (Å²) in [5.41, 5.74) is 3.05. The molecule has 0 atom stereocenters. The van der Waals surface area contributed by atoms with Gasteiger partial charge in [0.05, 0.1) is 24.5 Å². The maximum atomic E-state index is 14.1. The van der Waals surface area contributed by atoms with Crippen LogP contribution in [0.15, 0.2) is 67.0 Å². The van der Waals surface area contributed by atoms with Crippen LogP contribution in [-0.4, -0.2) is 25.2 Å². The third-order valence-electron chi connectivity index (χ3n) is 5.39. The van der Waals surface area contributed by atoms with E-state index < -0.39 is 23.1 Å². The second-order valence-electron chi connectivity index (χ2n) is 7.30. The average Bonchev–Trinajstić information content (AvgIpc) is 3.44. The second kappa shape index (κ2) is 6.95. The molecule has 150 valence electrons. The molecule has 0 spiro atoms. The highest BCUT2D eigenvalue weighted by atomic mass is 19.1. The zero-order chi connectivity index (χ0) is 20.8. The predicted octanol–water partition coefficient (Wildman–Crippen LogP) is 4.41. The van der Waals surface area contributed by atoms with Gasteiger partial charge < -0.3 is 9.47 Å². The molecule has 2 aromatic heterocycles. The van der Waals surface area contributed by atoms with E-state index in [-0.39, 0.29) is 13.1 Å². The zero-order valence-electron chi connectivity index (χ0n) is 16.2. The number of halogens is 2. The molecule has 0 aliphatic carbocycles. The molecule has 0 unspecified atom stereocenters. The molecule has 0 radical (unpaired) electrons. The monoisotopic (exact) mass is 404 g/mol. The van der Waals surface area contributed by atoms with E-state index in [0.717, 1.165) is 34.8 Å². The molecule has 5 nitrogen and oxygen atoms in total. The van der Waals surface area contributed by atoms with Crippen molar-refractivity contribution in [1.29, 1.82) is 0 Å². The quantitative estimate of drug-likeness (QED) is 0.508. The van der Waals surface area contributed by atoms with Gasteiger partial charge in [-0.3, -0.25) is 4.79 Å². The first-order chi connectivity index (χ1) is 14.5. The number of fused-ring (bicyclic) bond motifs is 1. The van der Waals surface area contributed by atoms with Crippen LogP contribution >= 0.6 is 0 Å². The van der Waals surface area contributed by atoms with E-state index in [2.05, 4.69) is 0 Å². The Kier molecular flexibility index (Phi) is 4.24. The van der Waals surface area contributed by atoms with Gasteiger partial charge in [-0.15, -0.1) is 0 Å². The maximum absolute atomic E-state index is 14.1. The van der Waals surface area contributed by atoms with Crippen molar-refractivity contribution < 1.29 is 13.6 Å². The van der Waals surface area contributed by atoms with Gasteiger partial charge in [-0.2, -0.15) is 5.10 Å². The van der Waals surface area contributed by atoms with Crippen LogP contribution in [0.25, 0.3) is 11.5 Å². The van der Waals surface area contributed by atoms with Crippen molar-refractivity contribution in [3.05, 3.63) is 101 Å². The van der Waals surface area contributed by atoms with Crippen molar-refractivity contribution in [2.75, 3.05) is 0 Å². The van der Waals surface area contributed by atoms with Gasteiger partial charge in [0.15, 0.2) is 0 Å². The van der Waals surface area contributed by atoms with Crippen molar-refractivity contribution in [1.82, 2.24) is 19.2 Å². The van der Waals surface area contributed by atoms with Crippen molar-refractivity contribution in [3.8, 4) is 11.5 Å². The van der Waals surface area contributed by atoms with Gasteiger partial charge in [-0.25, -0.2) is 13.5 Å². The van der Waals surface area contributed by atoms with Gasteiger partial charge in [0.2, 0.25) is 0 Å². The minimum absolute atomic E-state index is 0.190. The largest absolute Gasteiger partial charge is 0.328 e. The molecule has 0 saturated carbocycles. The van der Waals surface area contributed by atoms with Gasteiger partial charge in [0.1, 0.15) is 23.0 Å². The Morgan fingerprint density at radius 2 is 1.63 bits per heavy atom. The molecule has 30 heavy (non-hydrogen) atoms. The third kappa shape index (κ3) is 2.82. The van der Waals surface area contributed by atoms with Crippen LogP contribution in [0.2, 0.25) is 0 Å². The third-order valence-corrected chi connectivity index (χ3v) is 5.39. The molecule has 3 heterocycles. The number of carbonyl (C=O) groups is 1. The Labute approximate surface area is 171 Å². The molecule has 1 aliphatic rings. The van der Waals surface area contributed by atoms with Crippen LogP contribution < -0.4 is 0 Å². The minimum atomic E-state index is -0.861. The number of benzene rings is 2. The van der Waals surface area contributed by atoms with Gasteiger partial charge in [0.25, 0.3) is 5.91 Å². The summed E-state index contributed by atoms with van der Waals surface area (Å²) in [6.45, 7) is 2.43. The van der Waals surface area contributed by atoms with Crippen molar-refractivity contribution >= 4 is 5.91 Å². The molecule has 0 bridgehead atoms. The van der Waals surface area contributed by atoms with Gasteiger partial charge in [0, 0.05) is 18.0 Å². The van der Waals surface area contributed by atoms with Gasteiger partial charge >= 0.3 is 0 Å². The standard InChI is InChI=1S/C23H18F2N4O/c1-15-7-2-3-10-20(15)29-22(27-11-4-5-12-27)16-13-28(14-19(16)26-29)23(30)21-17(24)8-6-9-18(21)25/h2-12H,13-14H2,1H3. The summed E-state index contributed by atoms with van der Waals surface area (Å²) in [6.07, 6.45) is 3.82. The topological polar surface area (TPSA) is 43.1 Å². The van der Waals surface area contributed by atoms with Crippen LogP contribution in [0, 0.1) is 18.6 Å². The first kappa shape index (κ1) is 18.3. The van der Waals surface area contributed by atoms with Gasteiger partial charge in [-0.1, -0.05) is 24.3 Å². The van der Waals surface area contributed by atoms with Crippen LogP contribution in [0.4, 0.5) is 8.78 Å². The van der Waals surface area contributed by atoms with Crippen LogP contribution in [0.5, 0.6) is 0 Å². The van der Waals surface area contributed by atoms with Crippen molar-refractivity contribution in [2.45, 2.75) is 20.0 Å². The van der Waals surface area contributed by atoms with E-state index in [4.69, 9.17) is 5.10 Å². The SMILES string of the molecule is Cc1ccccc1-n1nc2c(c1-n1cccc1)CN(C(=O)c1c(F)cccc1F)C2. The molecular weight excluding hydrogens is 386 g/mol. The first-order valence-corrected chi connectivity index (χ1v) is 9.58. The summed E-state index contributed by atoms with van der Waals surface area (Å²) in [7, 11) is 0. The molecule has 2 aromatic carbocycles. The Morgan fingerprint density at radius 3 is 2.33 bits per heavy atom. The average molecular weight is 404 g/mol. The molecule has 0 fully saturated rings. The Hall–Kier alpha value is -3.74. The highest BCUT2D eigenvalue weighted by molar-refractivity contribution is 5.95. The van der Waals surface area contributed by atoms with E-state index in [9.17, 15) is 13.6 Å². The molecule has 0 saturated heterocycles. The molecular formula is C23H18F2N4O. The number of nitrogens with zero attached hydrogens (tertiary/aromatic N) is 4. The number of carbonyl (C=O) groups excluding carboxylic acids is 1. The molecule has 7 heteroatoms. The highest BCUT2D eigenvalue weighted by Crippen LogP contribution is 2.32. The molecule has 4 aromatic rings. The lowest BCUT2D eigenvalue weighted by molar-refractivity contribution is 0.0739. The summed E-state index contributed by atoms with van der Waals surface area (Å²) < 4.78 is 32.1. The van der Waals surface area contributed by atoms with Crippen molar-refractivity contribution in [3.63, 3.8) is 0 Å². The number of aryl methyl sites for hydroxylation is 1. The summed E-state index contributed by atoms with van der Waals surface area (Å²) in [4.78, 5) is 14.3. The summed E-state index contributed by atoms with van der Waals surface area (Å²) in [5.74, 6) is -1.58. The number of hydrogen-bond donors (Lipinski definition) is 0. The van der Waals surface area contributed by atoms with Crippen LogP contribution in [0.3, 0.4) is 0 Å². The lowest BCUT2D eigenvalue weighted by Crippen LogP contribution is -2.28. The van der Waals surface area contributed by atoms with Crippen LogP contribution in [-0.2, 0) is 13.1 Å². The lowest BCUT2D eigenvalue weighted by atomic mass is 10.1. The predicted molar refractivity (Wildman–Crippen MR) is 108 cm³/mol. The fourth-order valence-electron chi connectivity index (χ4n) is 3.92. The lowest BCUT2D eigenvalue weighted by Gasteiger charge is -2.18. The van der Waals surface area contributed by atoms with Gasteiger partial charge in [-0.05, 0) is 42.8 Å². The Balaban J connectivity index is 1.58.